The lowest BCUT2D eigenvalue weighted by atomic mass is 10.2. The standard InChI is InChI=1S/C9H16N2/c1-4-8(3)11-7-9(5-2)6-10-11/h6-8H,4-5H2,1-3H3. The van der Waals surface area contributed by atoms with Crippen LogP contribution in [0.3, 0.4) is 0 Å². The van der Waals surface area contributed by atoms with Crippen molar-refractivity contribution in [1.82, 2.24) is 9.78 Å². The van der Waals surface area contributed by atoms with E-state index < -0.39 is 0 Å². The quantitative estimate of drug-likeness (QED) is 0.650. The van der Waals surface area contributed by atoms with Gasteiger partial charge in [0, 0.05) is 12.2 Å². The molecule has 0 fully saturated rings. The van der Waals surface area contributed by atoms with Gasteiger partial charge in [-0.1, -0.05) is 13.8 Å². The topological polar surface area (TPSA) is 17.8 Å². The van der Waals surface area contributed by atoms with Crippen molar-refractivity contribution in [3.05, 3.63) is 18.0 Å². The minimum Gasteiger partial charge on any atom is -0.270 e. The van der Waals surface area contributed by atoms with E-state index in [0.29, 0.717) is 6.04 Å². The lowest BCUT2D eigenvalue weighted by molar-refractivity contribution is 0.477. The average molecular weight is 152 g/mol. The van der Waals surface area contributed by atoms with Gasteiger partial charge in [-0.15, -0.1) is 0 Å². The maximum Gasteiger partial charge on any atom is 0.0521 e. The molecule has 1 atom stereocenters. The Bertz CT molecular complexity index is 215. The molecule has 0 spiro atoms. The molecule has 1 aromatic rings. The van der Waals surface area contributed by atoms with Crippen molar-refractivity contribution in [3.63, 3.8) is 0 Å². The lowest BCUT2D eigenvalue weighted by Gasteiger charge is -2.07. The maximum atomic E-state index is 4.27. The fraction of sp³-hybridized carbons (Fsp3) is 0.667. The summed E-state index contributed by atoms with van der Waals surface area (Å²) in [5.41, 5.74) is 1.32. The van der Waals surface area contributed by atoms with E-state index in [0.717, 1.165) is 12.8 Å². The molecule has 1 unspecified atom stereocenters. The van der Waals surface area contributed by atoms with Crippen LogP contribution in [-0.4, -0.2) is 9.78 Å². The van der Waals surface area contributed by atoms with E-state index in [9.17, 15) is 0 Å². The Morgan fingerprint density at radius 2 is 2.27 bits per heavy atom. The third-order valence-corrected chi connectivity index (χ3v) is 2.11. The molecule has 0 amide bonds. The van der Waals surface area contributed by atoms with Crippen LogP contribution in [0.15, 0.2) is 12.4 Å². The number of nitrogens with zero attached hydrogens (tertiary/aromatic N) is 2. The number of rotatable bonds is 3. The molecule has 0 aromatic carbocycles. The summed E-state index contributed by atoms with van der Waals surface area (Å²) in [5, 5.41) is 4.27. The van der Waals surface area contributed by atoms with Gasteiger partial charge in [0.2, 0.25) is 0 Å². The third kappa shape index (κ3) is 1.82. The fourth-order valence-electron chi connectivity index (χ4n) is 0.988. The molecule has 0 bridgehead atoms. The predicted octanol–water partition coefficient (Wildman–Crippen LogP) is 2.42. The van der Waals surface area contributed by atoms with Crippen molar-refractivity contribution in [2.75, 3.05) is 0 Å². The van der Waals surface area contributed by atoms with Crippen LogP contribution >= 0.6 is 0 Å². The highest BCUT2D eigenvalue weighted by Gasteiger charge is 2.01. The number of aryl methyl sites for hydroxylation is 1. The Morgan fingerprint density at radius 3 is 2.73 bits per heavy atom. The lowest BCUT2D eigenvalue weighted by Crippen LogP contribution is -2.03. The van der Waals surface area contributed by atoms with E-state index in [-0.39, 0.29) is 0 Å². The van der Waals surface area contributed by atoms with E-state index in [1.807, 2.05) is 10.9 Å². The van der Waals surface area contributed by atoms with Gasteiger partial charge in [-0.25, -0.2) is 0 Å². The molecule has 2 nitrogen and oxygen atoms in total. The molecule has 62 valence electrons. The molecule has 1 heterocycles. The second-order valence-corrected chi connectivity index (χ2v) is 2.94. The summed E-state index contributed by atoms with van der Waals surface area (Å²) < 4.78 is 2.04. The summed E-state index contributed by atoms with van der Waals surface area (Å²) in [6, 6.07) is 0.537. The van der Waals surface area contributed by atoms with Crippen LogP contribution in [0, 0.1) is 0 Å². The maximum absolute atomic E-state index is 4.27. The molecule has 0 aliphatic heterocycles. The van der Waals surface area contributed by atoms with Gasteiger partial charge in [-0.2, -0.15) is 5.10 Å². The van der Waals surface area contributed by atoms with Gasteiger partial charge in [0.15, 0.2) is 0 Å². The highest BCUT2D eigenvalue weighted by Crippen LogP contribution is 2.09. The Morgan fingerprint density at radius 1 is 1.55 bits per heavy atom. The van der Waals surface area contributed by atoms with Crippen molar-refractivity contribution in [3.8, 4) is 0 Å². The molecule has 0 aliphatic carbocycles. The van der Waals surface area contributed by atoms with Crippen LogP contribution in [0.25, 0.3) is 0 Å². The zero-order valence-electron chi connectivity index (χ0n) is 7.54. The van der Waals surface area contributed by atoms with E-state index in [1.165, 1.54) is 5.56 Å². The minimum absolute atomic E-state index is 0.537. The largest absolute Gasteiger partial charge is 0.270 e. The molecule has 1 rings (SSSR count). The van der Waals surface area contributed by atoms with Crippen LogP contribution in [0.2, 0.25) is 0 Å². The summed E-state index contributed by atoms with van der Waals surface area (Å²) in [4.78, 5) is 0. The number of hydrogen-bond acceptors (Lipinski definition) is 1. The van der Waals surface area contributed by atoms with E-state index in [4.69, 9.17) is 0 Å². The highest BCUT2D eigenvalue weighted by molar-refractivity contribution is 5.03. The molecule has 2 heteroatoms. The van der Waals surface area contributed by atoms with Gasteiger partial charge in [0.25, 0.3) is 0 Å². The summed E-state index contributed by atoms with van der Waals surface area (Å²) in [6.07, 6.45) is 6.31. The van der Waals surface area contributed by atoms with Gasteiger partial charge >= 0.3 is 0 Å². The minimum atomic E-state index is 0.537. The van der Waals surface area contributed by atoms with Crippen LogP contribution in [-0.2, 0) is 6.42 Å². The van der Waals surface area contributed by atoms with Gasteiger partial charge in [-0.3, -0.25) is 4.68 Å². The molecular formula is C9H16N2. The Labute approximate surface area is 68.2 Å². The van der Waals surface area contributed by atoms with Gasteiger partial charge in [0.05, 0.1) is 6.20 Å². The van der Waals surface area contributed by atoms with E-state index >= 15 is 0 Å². The second-order valence-electron chi connectivity index (χ2n) is 2.94. The zero-order chi connectivity index (χ0) is 8.27. The van der Waals surface area contributed by atoms with Crippen LogP contribution < -0.4 is 0 Å². The molecule has 1 aromatic heterocycles. The monoisotopic (exact) mass is 152 g/mol. The molecule has 0 saturated carbocycles. The molecule has 0 N–H and O–H groups in total. The van der Waals surface area contributed by atoms with Gasteiger partial charge in [-0.05, 0) is 25.3 Å². The van der Waals surface area contributed by atoms with Crippen molar-refractivity contribution >= 4 is 0 Å². The first-order valence-electron chi connectivity index (χ1n) is 4.31. The Kier molecular flexibility index (Phi) is 2.69. The van der Waals surface area contributed by atoms with E-state index in [1.54, 1.807) is 0 Å². The summed E-state index contributed by atoms with van der Waals surface area (Å²) in [5.74, 6) is 0. The smallest absolute Gasteiger partial charge is 0.0521 e. The van der Waals surface area contributed by atoms with Crippen molar-refractivity contribution in [2.45, 2.75) is 39.7 Å². The first-order valence-corrected chi connectivity index (χ1v) is 4.31. The SMILES string of the molecule is CCc1cnn(C(C)CC)c1. The van der Waals surface area contributed by atoms with Crippen molar-refractivity contribution in [1.29, 1.82) is 0 Å². The molecule has 0 aliphatic rings. The van der Waals surface area contributed by atoms with E-state index in [2.05, 4.69) is 32.1 Å². The zero-order valence-corrected chi connectivity index (χ0v) is 7.54. The second kappa shape index (κ2) is 3.56. The first kappa shape index (κ1) is 8.31. The van der Waals surface area contributed by atoms with Crippen molar-refractivity contribution < 1.29 is 0 Å². The van der Waals surface area contributed by atoms with Gasteiger partial charge < -0.3 is 0 Å². The normalized spacial score (nSPS) is 13.4. The summed E-state index contributed by atoms with van der Waals surface area (Å²) in [6.45, 7) is 6.52. The number of aromatic nitrogens is 2. The first-order chi connectivity index (χ1) is 5.27. The van der Waals surface area contributed by atoms with Crippen LogP contribution in [0.4, 0.5) is 0 Å². The predicted molar refractivity (Wildman–Crippen MR) is 46.6 cm³/mol. The van der Waals surface area contributed by atoms with Crippen molar-refractivity contribution in [2.24, 2.45) is 0 Å². The summed E-state index contributed by atoms with van der Waals surface area (Å²) in [7, 11) is 0. The highest BCUT2D eigenvalue weighted by atomic mass is 15.3. The molecular weight excluding hydrogens is 136 g/mol. The van der Waals surface area contributed by atoms with Crippen LogP contribution in [0.1, 0.15) is 38.8 Å². The molecule has 0 saturated heterocycles. The molecule has 0 radical (unpaired) electrons. The molecule has 11 heavy (non-hydrogen) atoms. The van der Waals surface area contributed by atoms with Crippen LogP contribution in [0.5, 0.6) is 0 Å². The van der Waals surface area contributed by atoms with Gasteiger partial charge in [0.1, 0.15) is 0 Å². The number of hydrogen-bond donors (Lipinski definition) is 0. The third-order valence-electron chi connectivity index (χ3n) is 2.11. The average Bonchev–Trinajstić information content (AvgIpc) is 2.50. The fourth-order valence-corrected chi connectivity index (χ4v) is 0.988. The Hall–Kier alpha value is -0.790. The summed E-state index contributed by atoms with van der Waals surface area (Å²) >= 11 is 0. The Balaban J connectivity index is 2.71.